The summed E-state index contributed by atoms with van der Waals surface area (Å²) in [6, 6.07) is 5.59. The molecule has 1 amide bonds. The van der Waals surface area contributed by atoms with Gasteiger partial charge in [0.25, 0.3) is 0 Å². The summed E-state index contributed by atoms with van der Waals surface area (Å²) in [6.45, 7) is 0.647. The van der Waals surface area contributed by atoms with E-state index in [0.29, 0.717) is 13.0 Å². The van der Waals surface area contributed by atoms with Gasteiger partial charge in [0.1, 0.15) is 5.75 Å². The summed E-state index contributed by atoms with van der Waals surface area (Å²) in [5.74, 6) is 0.850. The van der Waals surface area contributed by atoms with Crippen molar-refractivity contribution in [2.75, 3.05) is 18.6 Å². The highest BCUT2D eigenvalue weighted by molar-refractivity contribution is 9.10. The zero-order valence-corrected chi connectivity index (χ0v) is 11.3. The van der Waals surface area contributed by atoms with E-state index in [1.54, 1.807) is 12.0 Å². The van der Waals surface area contributed by atoms with Gasteiger partial charge in [0, 0.05) is 28.8 Å². The topological polar surface area (TPSA) is 29.5 Å². The van der Waals surface area contributed by atoms with Gasteiger partial charge in [-0.1, -0.05) is 0 Å². The van der Waals surface area contributed by atoms with Crippen molar-refractivity contribution in [3.63, 3.8) is 0 Å². The van der Waals surface area contributed by atoms with Crippen LogP contribution in [-0.4, -0.2) is 24.8 Å². The molecule has 0 radical (unpaired) electrons. The highest BCUT2D eigenvalue weighted by Gasteiger charge is 2.29. The molecule has 3 nitrogen and oxygen atoms in total. The number of hydrogen-bond acceptors (Lipinski definition) is 3. The van der Waals surface area contributed by atoms with Crippen LogP contribution in [0.1, 0.15) is 6.42 Å². The van der Waals surface area contributed by atoms with E-state index in [0.717, 1.165) is 15.9 Å². The van der Waals surface area contributed by atoms with Crippen LogP contribution < -0.4 is 9.64 Å². The van der Waals surface area contributed by atoms with Gasteiger partial charge in [-0.3, -0.25) is 4.79 Å². The fourth-order valence-corrected chi connectivity index (χ4v) is 2.53. The number of hydrogen-bond donors (Lipinski definition) is 1. The molecule has 1 heterocycles. The molecule has 0 saturated carbocycles. The van der Waals surface area contributed by atoms with Crippen molar-refractivity contribution in [2.45, 2.75) is 11.7 Å². The number of carbonyl (C=O) groups is 1. The van der Waals surface area contributed by atoms with Crippen LogP contribution in [0.4, 0.5) is 5.69 Å². The number of carbonyl (C=O) groups excluding carboxylic acids is 1. The molecule has 1 fully saturated rings. The highest BCUT2D eigenvalue weighted by atomic mass is 79.9. The molecule has 0 spiro atoms. The Morgan fingerprint density at radius 1 is 1.56 bits per heavy atom. The summed E-state index contributed by atoms with van der Waals surface area (Å²) in [7, 11) is 1.61. The molecule has 0 aliphatic carbocycles. The zero-order valence-electron chi connectivity index (χ0n) is 8.81. The molecule has 5 heteroatoms. The molecule has 1 unspecified atom stereocenters. The number of thiol groups is 1. The van der Waals surface area contributed by atoms with Gasteiger partial charge < -0.3 is 9.64 Å². The average Bonchev–Trinajstić information content (AvgIpc) is 2.58. The first-order valence-electron chi connectivity index (χ1n) is 4.94. The minimum atomic E-state index is 0.106. The minimum Gasteiger partial charge on any atom is -0.497 e. The van der Waals surface area contributed by atoms with Crippen LogP contribution in [0.5, 0.6) is 5.75 Å². The molecule has 86 valence electrons. The lowest BCUT2D eigenvalue weighted by atomic mass is 10.3. The van der Waals surface area contributed by atoms with Crippen molar-refractivity contribution in [3.8, 4) is 5.75 Å². The van der Waals surface area contributed by atoms with Gasteiger partial charge in [-0.05, 0) is 28.1 Å². The van der Waals surface area contributed by atoms with Crippen molar-refractivity contribution >= 4 is 40.2 Å². The van der Waals surface area contributed by atoms with E-state index >= 15 is 0 Å². The third kappa shape index (κ3) is 2.20. The van der Waals surface area contributed by atoms with Crippen molar-refractivity contribution < 1.29 is 9.53 Å². The van der Waals surface area contributed by atoms with Gasteiger partial charge in [0.2, 0.25) is 5.91 Å². The Labute approximate surface area is 108 Å². The second-order valence-corrected chi connectivity index (χ2v) is 5.26. The number of halogens is 1. The lowest BCUT2D eigenvalue weighted by Crippen LogP contribution is -2.24. The number of ether oxygens (including phenoxy) is 1. The van der Waals surface area contributed by atoms with Gasteiger partial charge in [0.05, 0.1) is 12.8 Å². The molecule has 2 rings (SSSR count). The quantitative estimate of drug-likeness (QED) is 0.851. The molecule has 0 N–H and O–H groups in total. The van der Waals surface area contributed by atoms with Crippen LogP contribution in [0.15, 0.2) is 22.7 Å². The standard InChI is InChI=1S/C11H12BrNO2S/c1-15-7-2-3-9(12)10(4-7)13-6-8(16)5-11(13)14/h2-4,8,16H,5-6H2,1H3. The van der Waals surface area contributed by atoms with Gasteiger partial charge >= 0.3 is 0 Å². The van der Waals surface area contributed by atoms with Crippen LogP contribution >= 0.6 is 28.6 Å². The Kier molecular flexibility index (Phi) is 3.44. The van der Waals surface area contributed by atoms with E-state index in [9.17, 15) is 4.79 Å². The molecule has 1 saturated heterocycles. The summed E-state index contributed by atoms with van der Waals surface area (Å²) in [6.07, 6.45) is 0.493. The Bertz CT molecular complexity index is 424. The summed E-state index contributed by atoms with van der Waals surface area (Å²) in [4.78, 5) is 13.5. The SMILES string of the molecule is COc1ccc(Br)c(N2CC(S)CC2=O)c1. The molecule has 1 aliphatic rings. The summed E-state index contributed by atoms with van der Waals surface area (Å²) >= 11 is 7.78. The zero-order chi connectivity index (χ0) is 11.7. The normalized spacial score (nSPS) is 20.3. The summed E-state index contributed by atoms with van der Waals surface area (Å²) < 4.78 is 6.05. The van der Waals surface area contributed by atoms with Crippen molar-refractivity contribution in [2.24, 2.45) is 0 Å². The van der Waals surface area contributed by atoms with Crippen LogP contribution in [0, 0.1) is 0 Å². The minimum absolute atomic E-state index is 0.106. The molecule has 0 aromatic heterocycles. The van der Waals surface area contributed by atoms with Gasteiger partial charge in [-0.2, -0.15) is 12.6 Å². The van der Waals surface area contributed by atoms with Crippen LogP contribution in [0.3, 0.4) is 0 Å². The monoisotopic (exact) mass is 301 g/mol. The number of benzene rings is 1. The predicted molar refractivity (Wildman–Crippen MR) is 70.4 cm³/mol. The van der Waals surface area contributed by atoms with Crippen molar-refractivity contribution in [1.82, 2.24) is 0 Å². The Morgan fingerprint density at radius 2 is 2.31 bits per heavy atom. The van der Waals surface area contributed by atoms with E-state index in [4.69, 9.17) is 4.74 Å². The summed E-state index contributed by atoms with van der Waals surface area (Å²) in [5.41, 5.74) is 0.848. The van der Waals surface area contributed by atoms with Crippen molar-refractivity contribution in [1.29, 1.82) is 0 Å². The Hall–Kier alpha value is -0.680. The molecule has 1 aliphatic heterocycles. The molecule has 1 aromatic carbocycles. The fraction of sp³-hybridized carbons (Fsp3) is 0.364. The maximum absolute atomic E-state index is 11.8. The average molecular weight is 302 g/mol. The number of amides is 1. The lowest BCUT2D eigenvalue weighted by Gasteiger charge is -2.18. The van der Waals surface area contributed by atoms with E-state index in [1.165, 1.54) is 0 Å². The highest BCUT2D eigenvalue weighted by Crippen LogP contribution is 2.33. The fourth-order valence-electron chi connectivity index (χ4n) is 1.75. The van der Waals surface area contributed by atoms with Crippen molar-refractivity contribution in [3.05, 3.63) is 22.7 Å². The van der Waals surface area contributed by atoms with Crippen LogP contribution in [0.25, 0.3) is 0 Å². The predicted octanol–water partition coefficient (Wildman–Crippen LogP) is 2.49. The maximum atomic E-state index is 11.8. The first-order chi connectivity index (χ1) is 7.61. The second kappa shape index (κ2) is 4.67. The molecule has 1 aromatic rings. The Morgan fingerprint density at radius 3 is 2.88 bits per heavy atom. The van der Waals surface area contributed by atoms with E-state index in [-0.39, 0.29) is 11.2 Å². The third-order valence-electron chi connectivity index (χ3n) is 2.55. The van der Waals surface area contributed by atoms with Gasteiger partial charge in [0.15, 0.2) is 0 Å². The smallest absolute Gasteiger partial charge is 0.228 e. The molecule has 16 heavy (non-hydrogen) atoms. The number of methoxy groups -OCH3 is 1. The molecule has 1 atom stereocenters. The molecule has 0 bridgehead atoms. The van der Waals surface area contributed by atoms with E-state index in [2.05, 4.69) is 28.6 Å². The molecular weight excluding hydrogens is 290 g/mol. The van der Waals surface area contributed by atoms with Crippen LogP contribution in [0.2, 0.25) is 0 Å². The Balaban J connectivity index is 2.35. The molecular formula is C11H12BrNO2S. The van der Waals surface area contributed by atoms with Crippen LogP contribution in [-0.2, 0) is 4.79 Å². The van der Waals surface area contributed by atoms with E-state index in [1.807, 2.05) is 18.2 Å². The first-order valence-corrected chi connectivity index (χ1v) is 6.24. The van der Waals surface area contributed by atoms with Gasteiger partial charge in [-0.25, -0.2) is 0 Å². The largest absolute Gasteiger partial charge is 0.497 e. The third-order valence-corrected chi connectivity index (χ3v) is 3.57. The number of nitrogens with zero attached hydrogens (tertiary/aromatic N) is 1. The maximum Gasteiger partial charge on any atom is 0.228 e. The summed E-state index contributed by atoms with van der Waals surface area (Å²) in [5, 5.41) is 0.116. The lowest BCUT2D eigenvalue weighted by molar-refractivity contribution is -0.117. The first kappa shape index (κ1) is 11.8. The second-order valence-electron chi connectivity index (χ2n) is 3.68. The number of rotatable bonds is 2. The number of anilines is 1. The van der Waals surface area contributed by atoms with Gasteiger partial charge in [-0.15, -0.1) is 0 Å². The van der Waals surface area contributed by atoms with E-state index < -0.39 is 0 Å².